The van der Waals surface area contributed by atoms with Crippen molar-refractivity contribution in [2.45, 2.75) is 19.6 Å². The van der Waals surface area contributed by atoms with Crippen molar-refractivity contribution in [3.8, 4) is 0 Å². The second-order valence-electron chi connectivity index (χ2n) is 5.49. The van der Waals surface area contributed by atoms with Gasteiger partial charge in [0.15, 0.2) is 5.96 Å². The third kappa shape index (κ3) is 3.89. The highest BCUT2D eigenvalue weighted by molar-refractivity contribution is 7.09. The molecule has 0 bridgehead atoms. The fourth-order valence-electron chi connectivity index (χ4n) is 2.81. The smallest absolute Gasteiger partial charge is 0.194 e. The van der Waals surface area contributed by atoms with Crippen LogP contribution in [0.2, 0.25) is 0 Å². The summed E-state index contributed by atoms with van der Waals surface area (Å²) < 4.78 is 5.99. The van der Waals surface area contributed by atoms with Crippen molar-refractivity contribution in [2.24, 2.45) is 4.99 Å². The van der Waals surface area contributed by atoms with Gasteiger partial charge in [0.2, 0.25) is 0 Å². The van der Waals surface area contributed by atoms with Crippen molar-refractivity contribution in [1.82, 2.24) is 15.2 Å². The molecule has 0 radical (unpaired) electrons. The number of nitrogens with zero attached hydrogens (tertiary/aromatic N) is 3. The van der Waals surface area contributed by atoms with Crippen molar-refractivity contribution in [3.05, 3.63) is 52.0 Å². The zero-order valence-corrected chi connectivity index (χ0v) is 14.3. The number of benzene rings is 1. The summed E-state index contributed by atoms with van der Waals surface area (Å²) in [7, 11) is 1.82. The van der Waals surface area contributed by atoms with E-state index in [1.54, 1.807) is 11.3 Å². The molecule has 1 aromatic heterocycles. The molecule has 1 aromatic carbocycles. The SMILES string of the molecule is CN=C(NCc1nccs1)N1CCO[C@H](c2ccccc2C)C1. The van der Waals surface area contributed by atoms with Crippen LogP contribution in [0, 0.1) is 6.92 Å². The molecule has 0 amide bonds. The summed E-state index contributed by atoms with van der Waals surface area (Å²) in [6.07, 6.45) is 1.91. The lowest BCUT2D eigenvalue weighted by Gasteiger charge is -2.35. The second-order valence-corrected chi connectivity index (χ2v) is 6.47. The summed E-state index contributed by atoms with van der Waals surface area (Å²) in [6.45, 7) is 5.20. The predicted molar refractivity (Wildman–Crippen MR) is 93.8 cm³/mol. The molecule has 23 heavy (non-hydrogen) atoms. The molecule has 1 fully saturated rings. The normalized spacial score (nSPS) is 19.0. The topological polar surface area (TPSA) is 49.8 Å². The van der Waals surface area contributed by atoms with Gasteiger partial charge in [0, 0.05) is 25.2 Å². The lowest BCUT2D eigenvalue weighted by atomic mass is 10.0. The van der Waals surface area contributed by atoms with Gasteiger partial charge < -0.3 is 15.0 Å². The van der Waals surface area contributed by atoms with E-state index in [0.29, 0.717) is 13.2 Å². The molecule has 0 spiro atoms. The first-order valence-corrected chi connectivity index (χ1v) is 8.67. The maximum atomic E-state index is 5.99. The number of ether oxygens (including phenoxy) is 1. The molecular formula is C17H22N4OS. The highest BCUT2D eigenvalue weighted by atomic mass is 32.1. The Balaban J connectivity index is 1.66. The van der Waals surface area contributed by atoms with Crippen LogP contribution in [0.5, 0.6) is 0 Å². The summed E-state index contributed by atoms with van der Waals surface area (Å²) in [6, 6.07) is 8.41. The zero-order valence-electron chi connectivity index (χ0n) is 13.5. The van der Waals surface area contributed by atoms with E-state index in [-0.39, 0.29) is 6.10 Å². The number of rotatable bonds is 3. The van der Waals surface area contributed by atoms with Gasteiger partial charge in [-0.15, -0.1) is 11.3 Å². The number of aryl methyl sites for hydroxylation is 1. The predicted octanol–water partition coefficient (Wildman–Crippen LogP) is 2.60. The molecule has 0 unspecified atom stereocenters. The summed E-state index contributed by atoms with van der Waals surface area (Å²) in [5.74, 6) is 0.905. The molecule has 1 saturated heterocycles. The Morgan fingerprint density at radius 3 is 3.09 bits per heavy atom. The Kier molecular flexibility index (Phi) is 5.25. The molecule has 0 aliphatic carbocycles. The van der Waals surface area contributed by atoms with Crippen LogP contribution in [0.4, 0.5) is 0 Å². The summed E-state index contributed by atoms with van der Waals surface area (Å²) in [4.78, 5) is 11.0. The third-order valence-corrected chi connectivity index (χ3v) is 4.77. The Morgan fingerprint density at radius 1 is 1.48 bits per heavy atom. The van der Waals surface area contributed by atoms with Gasteiger partial charge in [-0.25, -0.2) is 4.98 Å². The van der Waals surface area contributed by atoms with Crippen LogP contribution >= 0.6 is 11.3 Å². The molecule has 1 atom stereocenters. The van der Waals surface area contributed by atoms with Gasteiger partial charge >= 0.3 is 0 Å². The van der Waals surface area contributed by atoms with E-state index >= 15 is 0 Å². The number of guanidine groups is 1. The molecule has 2 heterocycles. The van der Waals surface area contributed by atoms with E-state index in [4.69, 9.17) is 4.74 Å². The number of hydrogen-bond donors (Lipinski definition) is 1. The van der Waals surface area contributed by atoms with Gasteiger partial charge in [0.05, 0.1) is 19.7 Å². The lowest BCUT2D eigenvalue weighted by molar-refractivity contribution is -0.00833. The van der Waals surface area contributed by atoms with Crippen molar-refractivity contribution < 1.29 is 4.74 Å². The van der Waals surface area contributed by atoms with Gasteiger partial charge in [0.25, 0.3) is 0 Å². The van der Waals surface area contributed by atoms with E-state index in [9.17, 15) is 0 Å². The summed E-state index contributed by atoms with van der Waals surface area (Å²) >= 11 is 1.65. The van der Waals surface area contributed by atoms with Crippen molar-refractivity contribution in [1.29, 1.82) is 0 Å². The van der Waals surface area contributed by atoms with E-state index < -0.39 is 0 Å². The van der Waals surface area contributed by atoms with Gasteiger partial charge in [-0.05, 0) is 18.1 Å². The van der Waals surface area contributed by atoms with Crippen molar-refractivity contribution in [3.63, 3.8) is 0 Å². The molecule has 1 aliphatic heterocycles. The van der Waals surface area contributed by atoms with Gasteiger partial charge in [0.1, 0.15) is 11.1 Å². The van der Waals surface area contributed by atoms with Gasteiger partial charge in [-0.2, -0.15) is 0 Å². The minimum atomic E-state index is 0.0864. The van der Waals surface area contributed by atoms with E-state index in [1.165, 1.54) is 11.1 Å². The van der Waals surface area contributed by atoms with Crippen LogP contribution in [0.25, 0.3) is 0 Å². The number of thiazole rings is 1. The second kappa shape index (κ2) is 7.57. The lowest BCUT2D eigenvalue weighted by Crippen LogP contribution is -2.48. The number of hydrogen-bond acceptors (Lipinski definition) is 4. The average Bonchev–Trinajstić information content (AvgIpc) is 3.10. The van der Waals surface area contributed by atoms with E-state index in [2.05, 4.69) is 51.4 Å². The molecule has 0 saturated carbocycles. The Morgan fingerprint density at radius 2 is 2.35 bits per heavy atom. The Labute approximate surface area is 141 Å². The summed E-state index contributed by atoms with van der Waals surface area (Å²) in [5, 5.41) is 6.45. The molecule has 6 heteroatoms. The average molecular weight is 330 g/mol. The molecular weight excluding hydrogens is 308 g/mol. The van der Waals surface area contributed by atoms with Crippen LogP contribution in [-0.2, 0) is 11.3 Å². The molecule has 2 aromatic rings. The highest BCUT2D eigenvalue weighted by Gasteiger charge is 2.25. The van der Waals surface area contributed by atoms with Gasteiger partial charge in [-0.1, -0.05) is 24.3 Å². The quantitative estimate of drug-likeness (QED) is 0.694. The highest BCUT2D eigenvalue weighted by Crippen LogP contribution is 2.25. The first kappa shape index (κ1) is 16.0. The first-order valence-electron chi connectivity index (χ1n) is 7.79. The number of aromatic nitrogens is 1. The van der Waals surface area contributed by atoms with Crippen LogP contribution in [0.1, 0.15) is 22.2 Å². The minimum absolute atomic E-state index is 0.0864. The van der Waals surface area contributed by atoms with Crippen LogP contribution in [0.15, 0.2) is 40.8 Å². The standard InChI is InChI=1S/C17H22N4OS/c1-13-5-3-4-6-14(13)15-12-21(8-9-22-15)17(18-2)20-11-16-19-7-10-23-16/h3-7,10,15H,8-9,11-12H2,1-2H3,(H,18,20)/t15-/m0/s1. The minimum Gasteiger partial charge on any atom is -0.370 e. The Bertz CT molecular complexity index is 656. The fraction of sp³-hybridized carbons (Fsp3) is 0.412. The molecule has 1 N–H and O–H groups in total. The van der Waals surface area contributed by atoms with Crippen molar-refractivity contribution >= 4 is 17.3 Å². The van der Waals surface area contributed by atoms with E-state index in [1.807, 2.05) is 18.6 Å². The fourth-order valence-corrected chi connectivity index (χ4v) is 3.36. The maximum absolute atomic E-state index is 5.99. The van der Waals surface area contributed by atoms with Crippen molar-refractivity contribution in [2.75, 3.05) is 26.7 Å². The molecule has 5 nitrogen and oxygen atoms in total. The van der Waals surface area contributed by atoms with Crippen LogP contribution in [-0.4, -0.2) is 42.6 Å². The van der Waals surface area contributed by atoms with Crippen LogP contribution < -0.4 is 5.32 Å². The monoisotopic (exact) mass is 330 g/mol. The van der Waals surface area contributed by atoms with E-state index in [0.717, 1.165) is 24.1 Å². The number of morpholine rings is 1. The maximum Gasteiger partial charge on any atom is 0.194 e. The third-order valence-electron chi connectivity index (χ3n) is 3.99. The molecule has 122 valence electrons. The largest absolute Gasteiger partial charge is 0.370 e. The molecule has 3 rings (SSSR count). The Hall–Kier alpha value is -1.92. The number of aliphatic imine (C=N–C) groups is 1. The van der Waals surface area contributed by atoms with Gasteiger partial charge in [-0.3, -0.25) is 4.99 Å². The summed E-state index contributed by atoms with van der Waals surface area (Å²) in [5.41, 5.74) is 2.53. The van der Waals surface area contributed by atoms with Crippen LogP contribution in [0.3, 0.4) is 0 Å². The zero-order chi connectivity index (χ0) is 16.1. The number of nitrogens with one attached hydrogen (secondary N) is 1. The first-order chi connectivity index (χ1) is 11.3. The molecule has 1 aliphatic rings.